The van der Waals surface area contributed by atoms with Gasteiger partial charge < -0.3 is 14.9 Å². The van der Waals surface area contributed by atoms with Crippen molar-refractivity contribution in [2.24, 2.45) is 11.8 Å². The van der Waals surface area contributed by atoms with Gasteiger partial charge in [-0.15, -0.1) is 0 Å². The van der Waals surface area contributed by atoms with Crippen molar-refractivity contribution in [3.63, 3.8) is 0 Å². The lowest BCUT2D eigenvalue weighted by molar-refractivity contribution is -0.190. The lowest BCUT2D eigenvalue weighted by Gasteiger charge is -2.51. The van der Waals surface area contributed by atoms with Crippen molar-refractivity contribution < 1.29 is 19.7 Å². The predicted octanol–water partition coefficient (Wildman–Crippen LogP) is 1.95. The van der Waals surface area contributed by atoms with Crippen LogP contribution in [0, 0.1) is 11.8 Å². The topological polar surface area (TPSA) is 66.8 Å². The minimum atomic E-state index is -0.762. The van der Waals surface area contributed by atoms with Gasteiger partial charge in [-0.1, -0.05) is 12.8 Å². The maximum Gasteiger partial charge on any atom is 0.306 e. The number of hydrogen-bond acceptors (Lipinski definition) is 3. The molecule has 0 aromatic rings. The number of carboxylic acids is 1. The van der Waals surface area contributed by atoms with Crippen LogP contribution in [0.25, 0.3) is 0 Å². The summed E-state index contributed by atoms with van der Waals surface area (Å²) in [5.41, 5.74) is -0.727. The van der Waals surface area contributed by atoms with Gasteiger partial charge in [0.2, 0.25) is 0 Å². The van der Waals surface area contributed by atoms with Crippen molar-refractivity contribution >= 4 is 5.97 Å². The average molecular weight is 254 g/mol. The van der Waals surface area contributed by atoms with Crippen LogP contribution in [0.2, 0.25) is 0 Å². The number of carboxylic acid groups (broad SMARTS) is 1. The minimum absolute atomic E-state index is 0.00690. The fourth-order valence-corrected chi connectivity index (χ4v) is 4.16. The zero-order chi connectivity index (χ0) is 12.8. The quantitative estimate of drug-likeness (QED) is 0.790. The molecule has 0 amide bonds. The molecule has 0 radical (unpaired) electrons. The maximum atomic E-state index is 10.9. The molecule has 4 nitrogen and oxygen atoms in total. The third-order valence-corrected chi connectivity index (χ3v) is 5.32. The van der Waals surface area contributed by atoms with E-state index in [1.807, 2.05) is 0 Å². The highest BCUT2D eigenvalue weighted by molar-refractivity contribution is 5.71. The molecule has 1 spiro atoms. The number of hydrogen-bond donors (Lipinski definition) is 2. The number of rotatable bonds is 2. The van der Waals surface area contributed by atoms with Gasteiger partial charge in [0, 0.05) is 6.61 Å². The Balaban J connectivity index is 1.64. The van der Waals surface area contributed by atoms with Gasteiger partial charge in [-0.25, -0.2) is 0 Å². The molecule has 1 heterocycles. The second kappa shape index (κ2) is 4.20. The Labute approximate surface area is 107 Å². The molecular formula is C14H22O4. The van der Waals surface area contributed by atoms with Gasteiger partial charge >= 0.3 is 5.97 Å². The van der Waals surface area contributed by atoms with E-state index in [2.05, 4.69) is 0 Å². The lowest BCUT2D eigenvalue weighted by atomic mass is 9.61. The van der Waals surface area contributed by atoms with Crippen LogP contribution in [0.4, 0.5) is 0 Å². The number of carbonyl (C=O) groups is 1. The predicted molar refractivity (Wildman–Crippen MR) is 65.2 cm³/mol. The largest absolute Gasteiger partial charge is 0.481 e. The van der Waals surface area contributed by atoms with Crippen LogP contribution in [-0.2, 0) is 9.53 Å². The zero-order valence-corrected chi connectivity index (χ0v) is 10.7. The SMILES string of the molecule is O=C(O)C1CC(O)(C2CCOC3(CCCC3)C2)C1. The molecule has 102 valence electrons. The van der Waals surface area contributed by atoms with Crippen LogP contribution in [0.5, 0.6) is 0 Å². The second-order valence-corrected chi connectivity index (χ2v) is 6.48. The smallest absolute Gasteiger partial charge is 0.306 e. The van der Waals surface area contributed by atoms with Crippen LogP contribution < -0.4 is 0 Å². The molecule has 3 aliphatic rings. The van der Waals surface area contributed by atoms with Crippen LogP contribution in [0.1, 0.15) is 51.4 Å². The monoisotopic (exact) mass is 254 g/mol. The Morgan fingerprint density at radius 2 is 1.83 bits per heavy atom. The fraction of sp³-hybridized carbons (Fsp3) is 0.929. The zero-order valence-electron chi connectivity index (χ0n) is 10.7. The first-order valence-corrected chi connectivity index (χ1v) is 7.12. The Morgan fingerprint density at radius 3 is 2.44 bits per heavy atom. The summed E-state index contributed by atoms with van der Waals surface area (Å²) in [7, 11) is 0. The highest BCUT2D eigenvalue weighted by Gasteiger charge is 2.54. The van der Waals surface area contributed by atoms with Crippen molar-refractivity contribution in [1.29, 1.82) is 0 Å². The fourth-order valence-electron chi connectivity index (χ4n) is 4.16. The first kappa shape index (κ1) is 12.4. The van der Waals surface area contributed by atoms with E-state index >= 15 is 0 Å². The van der Waals surface area contributed by atoms with Gasteiger partial charge in [0.25, 0.3) is 0 Å². The van der Waals surface area contributed by atoms with Crippen molar-refractivity contribution in [3.05, 3.63) is 0 Å². The minimum Gasteiger partial charge on any atom is -0.481 e. The van der Waals surface area contributed by atoms with E-state index in [0.29, 0.717) is 12.8 Å². The number of ether oxygens (including phenoxy) is 1. The van der Waals surface area contributed by atoms with E-state index in [1.54, 1.807) is 0 Å². The number of aliphatic hydroxyl groups is 1. The maximum absolute atomic E-state index is 10.9. The van der Waals surface area contributed by atoms with Crippen molar-refractivity contribution in [2.45, 2.75) is 62.6 Å². The summed E-state index contributed by atoms with van der Waals surface area (Å²) in [4.78, 5) is 10.9. The van der Waals surface area contributed by atoms with Gasteiger partial charge in [0.1, 0.15) is 0 Å². The summed E-state index contributed by atoms with van der Waals surface area (Å²) in [5, 5.41) is 19.5. The summed E-state index contributed by atoms with van der Waals surface area (Å²) >= 11 is 0. The summed E-state index contributed by atoms with van der Waals surface area (Å²) in [6.45, 7) is 0.727. The molecule has 1 atom stereocenters. The molecule has 3 fully saturated rings. The molecule has 1 unspecified atom stereocenters. The van der Waals surface area contributed by atoms with Crippen molar-refractivity contribution in [3.8, 4) is 0 Å². The molecule has 0 aromatic heterocycles. The van der Waals surface area contributed by atoms with E-state index in [0.717, 1.165) is 32.3 Å². The Kier molecular flexibility index (Phi) is 2.90. The van der Waals surface area contributed by atoms with E-state index in [-0.39, 0.29) is 17.4 Å². The van der Waals surface area contributed by atoms with Gasteiger partial charge in [-0.2, -0.15) is 0 Å². The van der Waals surface area contributed by atoms with E-state index in [9.17, 15) is 9.90 Å². The molecule has 0 bridgehead atoms. The van der Waals surface area contributed by atoms with Crippen LogP contribution >= 0.6 is 0 Å². The van der Waals surface area contributed by atoms with Gasteiger partial charge in [0.15, 0.2) is 0 Å². The third-order valence-electron chi connectivity index (χ3n) is 5.32. The Morgan fingerprint density at radius 1 is 1.17 bits per heavy atom. The highest BCUT2D eigenvalue weighted by atomic mass is 16.5. The molecule has 1 aliphatic heterocycles. The average Bonchev–Trinajstić information content (AvgIpc) is 2.73. The van der Waals surface area contributed by atoms with Crippen LogP contribution in [0.15, 0.2) is 0 Å². The molecule has 18 heavy (non-hydrogen) atoms. The molecule has 4 heteroatoms. The first-order chi connectivity index (χ1) is 8.53. The van der Waals surface area contributed by atoms with Gasteiger partial charge in [0.05, 0.1) is 17.1 Å². The van der Waals surface area contributed by atoms with E-state index in [4.69, 9.17) is 9.84 Å². The van der Waals surface area contributed by atoms with Crippen molar-refractivity contribution in [1.82, 2.24) is 0 Å². The molecular weight excluding hydrogens is 232 g/mol. The van der Waals surface area contributed by atoms with E-state index in [1.165, 1.54) is 12.8 Å². The molecule has 1 saturated heterocycles. The summed E-state index contributed by atoms with van der Waals surface area (Å²) in [6, 6.07) is 0. The summed E-state index contributed by atoms with van der Waals surface area (Å²) in [5.74, 6) is -0.861. The third kappa shape index (κ3) is 1.95. The van der Waals surface area contributed by atoms with E-state index < -0.39 is 11.6 Å². The lowest BCUT2D eigenvalue weighted by Crippen LogP contribution is -2.56. The Hall–Kier alpha value is -0.610. The molecule has 2 N–H and O–H groups in total. The van der Waals surface area contributed by atoms with Crippen LogP contribution in [0.3, 0.4) is 0 Å². The molecule has 0 aromatic carbocycles. The summed E-state index contributed by atoms with van der Waals surface area (Å²) in [6.07, 6.45) is 7.35. The molecule has 2 aliphatic carbocycles. The highest BCUT2D eigenvalue weighted by Crippen LogP contribution is 2.51. The summed E-state index contributed by atoms with van der Waals surface area (Å²) < 4.78 is 5.97. The second-order valence-electron chi connectivity index (χ2n) is 6.48. The Bertz CT molecular complexity index is 340. The number of aliphatic carboxylic acids is 1. The molecule has 3 rings (SSSR count). The van der Waals surface area contributed by atoms with Gasteiger partial charge in [-0.05, 0) is 44.4 Å². The first-order valence-electron chi connectivity index (χ1n) is 7.12. The van der Waals surface area contributed by atoms with Crippen LogP contribution in [-0.4, -0.2) is 34.0 Å². The standard InChI is InChI=1S/C14H22O4/c15-12(16)10-7-14(17,8-10)11-3-6-18-13(9-11)4-1-2-5-13/h10-11,17H,1-9H2,(H,15,16). The molecule has 2 saturated carbocycles. The van der Waals surface area contributed by atoms with Gasteiger partial charge in [-0.3, -0.25) is 4.79 Å². The van der Waals surface area contributed by atoms with Crippen molar-refractivity contribution in [2.75, 3.05) is 6.61 Å². The normalized spacial score (nSPS) is 42.7.